The molecule has 1 N–H and O–H groups in total. The largest absolute Gasteiger partial charge is 0.491 e. The number of ether oxygens (including phenoxy) is 1. The first-order valence-electron chi connectivity index (χ1n) is 9.48. The standard InChI is InChI=1S/C24H24ClNO2S/c1-17-5-3-4-6-23(17)28-15-18(2)26-24(27)20-9-7-19(8-10-20)16-29-22-13-11-21(25)12-14-22/h3-14,18H,15-16H2,1-2H3,(H,26,27)/t18-/m1/s1. The van der Waals surface area contributed by atoms with Crippen molar-refractivity contribution in [3.8, 4) is 5.75 Å². The Morgan fingerprint density at radius 1 is 1.03 bits per heavy atom. The van der Waals surface area contributed by atoms with Crippen molar-refractivity contribution in [2.24, 2.45) is 0 Å². The van der Waals surface area contributed by atoms with Crippen LogP contribution in [-0.2, 0) is 5.75 Å². The minimum absolute atomic E-state index is 0.0946. The van der Waals surface area contributed by atoms with E-state index in [4.69, 9.17) is 16.3 Å². The van der Waals surface area contributed by atoms with Gasteiger partial charge in [0.1, 0.15) is 12.4 Å². The second-order valence-electron chi connectivity index (χ2n) is 6.89. The highest BCUT2D eigenvalue weighted by Gasteiger charge is 2.11. The molecule has 150 valence electrons. The smallest absolute Gasteiger partial charge is 0.251 e. The van der Waals surface area contributed by atoms with Crippen LogP contribution in [0.25, 0.3) is 0 Å². The SMILES string of the molecule is Cc1ccccc1OC[C@@H](C)NC(=O)c1ccc(CSc2ccc(Cl)cc2)cc1. The zero-order valence-electron chi connectivity index (χ0n) is 16.5. The van der Waals surface area contributed by atoms with Crippen LogP contribution in [0.4, 0.5) is 0 Å². The summed E-state index contributed by atoms with van der Waals surface area (Å²) in [6, 6.07) is 23.3. The van der Waals surface area contributed by atoms with Crippen LogP contribution in [0.3, 0.4) is 0 Å². The number of halogens is 1. The van der Waals surface area contributed by atoms with Gasteiger partial charge >= 0.3 is 0 Å². The van der Waals surface area contributed by atoms with Crippen LogP contribution in [0, 0.1) is 6.92 Å². The van der Waals surface area contributed by atoms with Crippen LogP contribution < -0.4 is 10.1 Å². The highest BCUT2D eigenvalue weighted by Crippen LogP contribution is 2.24. The molecular formula is C24H24ClNO2S. The molecule has 3 aromatic carbocycles. The number of hydrogen-bond donors (Lipinski definition) is 1. The van der Waals surface area contributed by atoms with Crippen LogP contribution in [0.1, 0.15) is 28.4 Å². The van der Waals surface area contributed by atoms with Crippen molar-refractivity contribution in [3.63, 3.8) is 0 Å². The van der Waals surface area contributed by atoms with E-state index < -0.39 is 0 Å². The van der Waals surface area contributed by atoms with Crippen molar-refractivity contribution >= 4 is 29.3 Å². The second-order valence-corrected chi connectivity index (χ2v) is 8.38. The number of amides is 1. The van der Waals surface area contributed by atoms with Gasteiger partial charge in [-0.05, 0) is 67.4 Å². The molecule has 0 aliphatic heterocycles. The number of benzene rings is 3. The molecule has 0 saturated heterocycles. The van der Waals surface area contributed by atoms with Gasteiger partial charge in [0.05, 0.1) is 6.04 Å². The molecule has 0 radical (unpaired) electrons. The third kappa shape index (κ3) is 6.55. The van der Waals surface area contributed by atoms with Gasteiger partial charge in [0.15, 0.2) is 0 Å². The van der Waals surface area contributed by atoms with Gasteiger partial charge in [-0.1, -0.05) is 41.9 Å². The number of rotatable bonds is 8. The van der Waals surface area contributed by atoms with Gasteiger partial charge in [0.2, 0.25) is 0 Å². The minimum atomic E-state index is -0.0951. The molecule has 0 aliphatic rings. The highest BCUT2D eigenvalue weighted by atomic mass is 35.5. The van der Waals surface area contributed by atoms with Crippen LogP contribution in [0.2, 0.25) is 5.02 Å². The molecule has 0 aliphatic carbocycles. The van der Waals surface area contributed by atoms with Crippen molar-refractivity contribution in [1.29, 1.82) is 0 Å². The number of nitrogens with one attached hydrogen (secondary N) is 1. The number of para-hydroxylation sites is 1. The first-order chi connectivity index (χ1) is 14.0. The summed E-state index contributed by atoms with van der Waals surface area (Å²) in [6.45, 7) is 4.37. The van der Waals surface area contributed by atoms with E-state index in [0.717, 1.165) is 27.7 Å². The predicted octanol–water partition coefficient (Wildman–Crippen LogP) is 6.14. The van der Waals surface area contributed by atoms with Crippen LogP contribution >= 0.6 is 23.4 Å². The molecule has 1 amide bonds. The average Bonchev–Trinajstić information content (AvgIpc) is 2.73. The number of aryl methyl sites for hydroxylation is 1. The molecule has 0 fully saturated rings. The third-order valence-electron chi connectivity index (χ3n) is 4.40. The fourth-order valence-electron chi connectivity index (χ4n) is 2.73. The van der Waals surface area contributed by atoms with Gasteiger partial charge in [-0.15, -0.1) is 11.8 Å². The molecule has 0 aromatic heterocycles. The summed E-state index contributed by atoms with van der Waals surface area (Å²) in [4.78, 5) is 13.6. The lowest BCUT2D eigenvalue weighted by Gasteiger charge is -2.16. The van der Waals surface area contributed by atoms with Gasteiger partial charge in [-0.25, -0.2) is 0 Å². The zero-order chi connectivity index (χ0) is 20.6. The molecule has 5 heteroatoms. The Kier molecular flexibility index (Phi) is 7.62. The summed E-state index contributed by atoms with van der Waals surface area (Å²) in [5, 5.41) is 3.73. The first kappa shape index (κ1) is 21.3. The van der Waals surface area contributed by atoms with E-state index in [1.54, 1.807) is 11.8 Å². The summed E-state index contributed by atoms with van der Waals surface area (Å²) in [7, 11) is 0. The monoisotopic (exact) mass is 425 g/mol. The Labute approximate surface area is 181 Å². The van der Waals surface area contributed by atoms with E-state index >= 15 is 0 Å². The lowest BCUT2D eigenvalue weighted by Crippen LogP contribution is -2.36. The second kappa shape index (κ2) is 10.4. The number of carbonyl (C=O) groups excluding carboxylic acids is 1. The normalized spacial score (nSPS) is 11.7. The van der Waals surface area contributed by atoms with Crippen LogP contribution in [0.15, 0.2) is 77.7 Å². The quantitative estimate of drug-likeness (QED) is 0.440. The van der Waals surface area contributed by atoms with Gasteiger partial charge in [0, 0.05) is 21.2 Å². The molecule has 0 saturated carbocycles. The van der Waals surface area contributed by atoms with Crippen molar-refractivity contribution in [2.75, 3.05) is 6.61 Å². The molecule has 1 atom stereocenters. The Morgan fingerprint density at radius 3 is 2.41 bits per heavy atom. The average molecular weight is 426 g/mol. The summed E-state index contributed by atoms with van der Waals surface area (Å²) < 4.78 is 5.81. The molecule has 3 nitrogen and oxygen atoms in total. The Balaban J connectivity index is 1.47. The molecule has 0 spiro atoms. The molecule has 29 heavy (non-hydrogen) atoms. The van der Waals surface area contributed by atoms with Crippen molar-refractivity contribution in [3.05, 3.63) is 94.5 Å². The maximum atomic E-state index is 12.5. The third-order valence-corrected chi connectivity index (χ3v) is 5.73. The number of thioether (sulfide) groups is 1. The van der Waals surface area contributed by atoms with Gasteiger partial charge in [0.25, 0.3) is 5.91 Å². The fraction of sp³-hybridized carbons (Fsp3) is 0.208. The zero-order valence-corrected chi connectivity index (χ0v) is 18.1. The van der Waals surface area contributed by atoms with E-state index in [0.29, 0.717) is 12.2 Å². The Hall–Kier alpha value is -2.43. The fourth-order valence-corrected chi connectivity index (χ4v) is 3.71. The van der Waals surface area contributed by atoms with E-state index in [9.17, 15) is 4.79 Å². The summed E-state index contributed by atoms with van der Waals surface area (Å²) in [6.07, 6.45) is 0. The number of carbonyl (C=O) groups is 1. The van der Waals surface area contributed by atoms with Crippen molar-refractivity contribution in [2.45, 2.75) is 30.5 Å². The molecule has 0 bridgehead atoms. The van der Waals surface area contributed by atoms with Crippen molar-refractivity contribution < 1.29 is 9.53 Å². The highest BCUT2D eigenvalue weighted by molar-refractivity contribution is 7.98. The first-order valence-corrected chi connectivity index (χ1v) is 10.8. The maximum Gasteiger partial charge on any atom is 0.251 e. The van der Waals surface area contributed by atoms with E-state index in [-0.39, 0.29) is 11.9 Å². The summed E-state index contributed by atoms with van der Waals surface area (Å²) in [5.74, 6) is 1.59. The topological polar surface area (TPSA) is 38.3 Å². The summed E-state index contributed by atoms with van der Waals surface area (Å²) in [5.41, 5.74) is 2.89. The van der Waals surface area contributed by atoms with Gasteiger partial charge in [-0.3, -0.25) is 4.79 Å². The molecule has 0 heterocycles. The maximum absolute atomic E-state index is 12.5. The van der Waals surface area contributed by atoms with E-state index in [1.165, 1.54) is 4.90 Å². The van der Waals surface area contributed by atoms with E-state index in [2.05, 4.69) is 5.32 Å². The molecule has 3 rings (SSSR count). The minimum Gasteiger partial charge on any atom is -0.491 e. The Bertz CT molecular complexity index is 942. The molecular weight excluding hydrogens is 402 g/mol. The summed E-state index contributed by atoms with van der Waals surface area (Å²) >= 11 is 7.65. The van der Waals surface area contributed by atoms with Crippen LogP contribution in [-0.4, -0.2) is 18.6 Å². The van der Waals surface area contributed by atoms with Gasteiger partial charge in [-0.2, -0.15) is 0 Å². The Morgan fingerprint density at radius 2 is 1.72 bits per heavy atom. The molecule has 3 aromatic rings. The number of hydrogen-bond acceptors (Lipinski definition) is 3. The van der Waals surface area contributed by atoms with Crippen LogP contribution in [0.5, 0.6) is 5.75 Å². The van der Waals surface area contributed by atoms with Gasteiger partial charge < -0.3 is 10.1 Å². The molecule has 0 unspecified atom stereocenters. The van der Waals surface area contributed by atoms with Crippen molar-refractivity contribution in [1.82, 2.24) is 5.32 Å². The van der Waals surface area contributed by atoms with E-state index in [1.807, 2.05) is 86.6 Å². The lowest BCUT2D eigenvalue weighted by molar-refractivity contribution is 0.0926. The lowest BCUT2D eigenvalue weighted by atomic mass is 10.1. The predicted molar refractivity (Wildman–Crippen MR) is 121 cm³/mol.